The summed E-state index contributed by atoms with van der Waals surface area (Å²) in [6, 6.07) is 3.74. The number of methoxy groups -OCH3 is 1. The summed E-state index contributed by atoms with van der Waals surface area (Å²) in [5, 5.41) is 0.647. The number of ether oxygens (including phenoxy) is 2. The number of rotatable bonds is 8. The maximum atomic E-state index is 6.09. The van der Waals surface area contributed by atoms with Crippen LogP contribution in [0.1, 0.15) is 38.7 Å². The Hall–Kier alpha value is -0.930. The van der Waals surface area contributed by atoms with E-state index in [1.807, 2.05) is 13.0 Å². The molecule has 0 aliphatic heterocycles. The molecule has 2 N–H and O–H groups in total. The van der Waals surface area contributed by atoms with Crippen molar-refractivity contribution in [3.05, 3.63) is 22.7 Å². The van der Waals surface area contributed by atoms with E-state index in [0.29, 0.717) is 17.4 Å². The van der Waals surface area contributed by atoms with Gasteiger partial charge in [-0.15, -0.1) is 0 Å². The third kappa shape index (κ3) is 5.29. The zero-order valence-electron chi connectivity index (χ0n) is 12.0. The molecule has 1 aromatic rings. The summed E-state index contributed by atoms with van der Waals surface area (Å²) in [4.78, 5) is 0. The molecule has 1 unspecified atom stereocenters. The van der Waals surface area contributed by atoms with Crippen molar-refractivity contribution in [2.24, 2.45) is 5.73 Å². The van der Waals surface area contributed by atoms with Crippen molar-refractivity contribution in [2.75, 3.05) is 13.7 Å². The van der Waals surface area contributed by atoms with Gasteiger partial charge in [-0.3, -0.25) is 0 Å². The molecule has 1 rings (SSSR count). The van der Waals surface area contributed by atoms with E-state index in [1.165, 1.54) is 12.8 Å². The first-order valence-corrected chi connectivity index (χ1v) is 7.21. The van der Waals surface area contributed by atoms with Crippen LogP contribution in [0.5, 0.6) is 11.5 Å². The molecule has 0 aromatic heterocycles. The quantitative estimate of drug-likeness (QED) is 0.739. The highest BCUT2D eigenvalue weighted by Gasteiger charge is 2.14. The first-order valence-electron chi connectivity index (χ1n) is 6.83. The summed E-state index contributed by atoms with van der Waals surface area (Å²) >= 11 is 6.09. The van der Waals surface area contributed by atoms with Crippen molar-refractivity contribution in [1.82, 2.24) is 0 Å². The van der Waals surface area contributed by atoms with Gasteiger partial charge in [-0.05, 0) is 25.8 Å². The van der Waals surface area contributed by atoms with E-state index >= 15 is 0 Å². The molecule has 4 heteroatoms. The van der Waals surface area contributed by atoms with Crippen LogP contribution in [-0.2, 0) is 6.42 Å². The van der Waals surface area contributed by atoms with Crippen molar-refractivity contribution in [3.8, 4) is 11.5 Å². The lowest BCUT2D eigenvalue weighted by Crippen LogP contribution is -2.18. The summed E-state index contributed by atoms with van der Waals surface area (Å²) < 4.78 is 11.2. The van der Waals surface area contributed by atoms with Crippen LogP contribution >= 0.6 is 11.6 Å². The molecule has 0 amide bonds. The van der Waals surface area contributed by atoms with Crippen molar-refractivity contribution < 1.29 is 9.47 Å². The number of hydrogen-bond acceptors (Lipinski definition) is 3. The van der Waals surface area contributed by atoms with E-state index in [4.69, 9.17) is 26.8 Å². The lowest BCUT2D eigenvalue weighted by atomic mass is 10.1. The van der Waals surface area contributed by atoms with Crippen LogP contribution in [0.2, 0.25) is 5.02 Å². The van der Waals surface area contributed by atoms with Gasteiger partial charge in [0.1, 0.15) is 0 Å². The lowest BCUT2D eigenvalue weighted by molar-refractivity contribution is 0.282. The smallest absolute Gasteiger partial charge is 0.164 e. The monoisotopic (exact) mass is 285 g/mol. The van der Waals surface area contributed by atoms with Gasteiger partial charge >= 0.3 is 0 Å². The van der Waals surface area contributed by atoms with Gasteiger partial charge in [-0.25, -0.2) is 0 Å². The van der Waals surface area contributed by atoms with E-state index < -0.39 is 0 Å². The predicted octanol–water partition coefficient (Wildman–Crippen LogP) is 3.81. The average molecular weight is 286 g/mol. The summed E-state index contributed by atoms with van der Waals surface area (Å²) in [7, 11) is 1.63. The standard InChI is InChI=1S/C15H24ClNO2/c1-4-5-6-7-19-15-12(8-11(2)17)9-13(16)10-14(15)18-3/h9-11H,4-8,17H2,1-3H3. The van der Waals surface area contributed by atoms with Gasteiger partial charge in [-0.1, -0.05) is 31.4 Å². The summed E-state index contributed by atoms with van der Waals surface area (Å²) in [5.74, 6) is 1.46. The van der Waals surface area contributed by atoms with Crippen molar-refractivity contribution in [3.63, 3.8) is 0 Å². The molecule has 1 aromatic carbocycles. The Morgan fingerprint density at radius 3 is 2.63 bits per heavy atom. The highest BCUT2D eigenvalue weighted by Crippen LogP contribution is 2.35. The normalized spacial score (nSPS) is 12.3. The molecule has 0 bridgehead atoms. The number of nitrogens with two attached hydrogens (primary N) is 1. The third-order valence-corrected chi connectivity index (χ3v) is 3.07. The maximum absolute atomic E-state index is 6.09. The molecular weight excluding hydrogens is 262 g/mol. The number of benzene rings is 1. The van der Waals surface area contributed by atoms with Crippen LogP contribution in [0.4, 0.5) is 0 Å². The molecule has 0 saturated carbocycles. The van der Waals surface area contributed by atoms with Crippen LogP contribution in [0.25, 0.3) is 0 Å². The van der Waals surface area contributed by atoms with Crippen molar-refractivity contribution >= 4 is 11.6 Å². The molecule has 0 radical (unpaired) electrons. The maximum Gasteiger partial charge on any atom is 0.164 e. The van der Waals surface area contributed by atoms with Gasteiger partial charge in [0.15, 0.2) is 11.5 Å². The van der Waals surface area contributed by atoms with Gasteiger partial charge in [-0.2, -0.15) is 0 Å². The van der Waals surface area contributed by atoms with Crippen LogP contribution < -0.4 is 15.2 Å². The van der Waals surface area contributed by atoms with Crippen LogP contribution in [-0.4, -0.2) is 19.8 Å². The molecule has 0 spiro atoms. The highest BCUT2D eigenvalue weighted by atomic mass is 35.5. The van der Waals surface area contributed by atoms with Crippen LogP contribution in [0.15, 0.2) is 12.1 Å². The third-order valence-electron chi connectivity index (χ3n) is 2.85. The fourth-order valence-corrected chi connectivity index (χ4v) is 2.19. The van der Waals surface area contributed by atoms with Gasteiger partial charge in [0.05, 0.1) is 13.7 Å². The molecule has 19 heavy (non-hydrogen) atoms. The minimum Gasteiger partial charge on any atom is -0.493 e. The summed E-state index contributed by atoms with van der Waals surface area (Å²) in [6.07, 6.45) is 4.10. The Labute approximate surface area is 121 Å². The second-order valence-electron chi connectivity index (χ2n) is 4.83. The Morgan fingerprint density at radius 1 is 1.32 bits per heavy atom. The van der Waals surface area contributed by atoms with Gasteiger partial charge < -0.3 is 15.2 Å². The zero-order chi connectivity index (χ0) is 14.3. The van der Waals surface area contributed by atoms with E-state index in [-0.39, 0.29) is 6.04 Å². The lowest BCUT2D eigenvalue weighted by Gasteiger charge is -2.17. The Balaban J connectivity index is 2.89. The Morgan fingerprint density at radius 2 is 2.05 bits per heavy atom. The van der Waals surface area contributed by atoms with Gasteiger partial charge in [0, 0.05) is 22.7 Å². The zero-order valence-corrected chi connectivity index (χ0v) is 12.8. The highest BCUT2D eigenvalue weighted by molar-refractivity contribution is 6.30. The van der Waals surface area contributed by atoms with E-state index in [0.717, 1.165) is 24.2 Å². The van der Waals surface area contributed by atoms with E-state index in [1.54, 1.807) is 13.2 Å². The van der Waals surface area contributed by atoms with Crippen molar-refractivity contribution in [1.29, 1.82) is 0 Å². The van der Waals surface area contributed by atoms with E-state index in [9.17, 15) is 0 Å². The molecule has 0 fully saturated rings. The first kappa shape index (κ1) is 16.1. The van der Waals surface area contributed by atoms with Gasteiger partial charge in [0.25, 0.3) is 0 Å². The second-order valence-corrected chi connectivity index (χ2v) is 5.27. The molecule has 0 heterocycles. The van der Waals surface area contributed by atoms with E-state index in [2.05, 4.69) is 6.92 Å². The SMILES string of the molecule is CCCCCOc1c(CC(C)N)cc(Cl)cc1OC. The predicted molar refractivity (Wildman–Crippen MR) is 80.4 cm³/mol. The van der Waals surface area contributed by atoms with Crippen LogP contribution in [0, 0.1) is 0 Å². The summed E-state index contributed by atoms with van der Waals surface area (Å²) in [5.41, 5.74) is 6.88. The largest absolute Gasteiger partial charge is 0.493 e. The summed E-state index contributed by atoms with van der Waals surface area (Å²) in [6.45, 7) is 4.83. The molecule has 108 valence electrons. The molecule has 3 nitrogen and oxygen atoms in total. The van der Waals surface area contributed by atoms with Gasteiger partial charge in [0.2, 0.25) is 0 Å². The Bertz CT molecular complexity index is 394. The number of unbranched alkanes of at least 4 members (excludes halogenated alkanes) is 2. The minimum atomic E-state index is 0.0566. The minimum absolute atomic E-state index is 0.0566. The fraction of sp³-hybridized carbons (Fsp3) is 0.600. The molecule has 1 atom stereocenters. The number of halogens is 1. The first-order chi connectivity index (χ1) is 9.08. The topological polar surface area (TPSA) is 44.5 Å². The molecule has 0 saturated heterocycles. The molecule has 0 aliphatic rings. The average Bonchev–Trinajstić information content (AvgIpc) is 2.35. The fourth-order valence-electron chi connectivity index (χ4n) is 1.96. The Kier molecular flexibility index (Phi) is 7.03. The number of hydrogen-bond donors (Lipinski definition) is 1. The van der Waals surface area contributed by atoms with Crippen molar-refractivity contribution in [2.45, 2.75) is 45.6 Å². The van der Waals surface area contributed by atoms with Crippen LogP contribution in [0.3, 0.4) is 0 Å². The molecule has 0 aliphatic carbocycles. The second kappa shape index (κ2) is 8.28. The molecular formula is C15H24ClNO2.